The number of amides is 2. The molecule has 0 unspecified atom stereocenters. The van der Waals surface area contributed by atoms with E-state index < -0.39 is 39.0 Å². The van der Waals surface area contributed by atoms with Crippen LogP contribution in [-0.4, -0.2) is 68.0 Å². The molecule has 170 valence electrons. The largest absolute Gasteiger partial charge is 0.383 e. The molecule has 31 heavy (non-hydrogen) atoms. The number of carbonyl (C=O) groups is 2. The van der Waals surface area contributed by atoms with Crippen LogP contribution in [0.5, 0.6) is 0 Å². The van der Waals surface area contributed by atoms with Crippen molar-refractivity contribution in [2.75, 3.05) is 38.3 Å². The number of rotatable bonds is 7. The van der Waals surface area contributed by atoms with E-state index >= 15 is 0 Å². The van der Waals surface area contributed by atoms with Crippen LogP contribution in [0.15, 0.2) is 23.2 Å². The van der Waals surface area contributed by atoms with Crippen LogP contribution in [0, 0.1) is 11.7 Å². The van der Waals surface area contributed by atoms with Gasteiger partial charge in [0.1, 0.15) is 17.3 Å². The summed E-state index contributed by atoms with van der Waals surface area (Å²) in [6.45, 7) is 3.87. The molecular weight excluding hydrogens is 445 g/mol. The monoisotopic (exact) mass is 471 g/mol. The molecule has 0 aliphatic carbocycles. The predicted octanol–water partition coefficient (Wildman–Crippen LogP) is 1.59. The molecule has 0 atom stereocenters. The molecule has 0 saturated carbocycles. The second-order valence-corrected chi connectivity index (χ2v) is 10.8. The quantitative estimate of drug-likeness (QED) is 0.611. The lowest BCUT2D eigenvalue weighted by Gasteiger charge is -2.30. The molecule has 1 aromatic carbocycles. The first kappa shape index (κ1) is 23.6. The smallest absolute Gasteiger partial charge is 0.263 e. The molecule has 1 aliphatic rings. The van der Waals surface area contributed by atoms with Gasteiger partial charge in [-0.15, -0.1) is 0 Å². The van der Waals surface area contributed by atoms with Crippen molar-refractivity contribution in [3.05, 3.63) is 28.8 Å². The Morgan fingerprint density at radius 3 is 2.65 bits per heavy atom. The first-order chi connectivity index (χ1) is 14.7. The van der Waals surface area contributed by atoms with Crippen LogP contribution in [0.2, 0.25) is 0 Å². The molecule has 0 spiro atoms. The zero-order valence-corrected chi connectivity index (χ0v) is 19.2. The summed E-state index contributed by atoms with van der Waals surface area (Å²) in [4.78, 5) is 30.5. The highest BCUT2D eigenvalue weighted by Crippen LogP contribution is 2.19. The SMILES string of the molecule is COCCn1c(=NC(=O)CS(=O)(=O)CC(=O)N2CCC(C)CC2)sc2cc(F)ccc21. The summed E-state index contributed by atoms with van der Waals surface area (Å²) in [6, 6.07) is 4.22. The van der Waals surface area contributed by atoms with E-state index in [2.05, 4.69) is 11.9 Å². The number of nitrogens with zero attached hydrogens (tertiary/aromatic N) is 3. The van der Waals surface area contributed by atoms with E-state index in [1.54, 1.807) is 15.5 Å². The van der Waals surface area contributed by atoms with Gasteiger partial charge >= 0.3 is 0 Å². The number of ether oxygens (including phenoxy) is 1. The number of hydrogen-bond donors (Lipinski definition) is 0. The summed E-state index contributed by atoms with van der Waals surface area (Å²) < 4.78 is 45.8. The van der Waals surface area contributed by atoms with Crippen LogP contribution < -0.4 is 4.80 Å². The highest BCUT2D eigenvalue weighted by molar-refractivity contribution is 7.92. The average molecular weight is 472 g/mol. The maximum Gasteiger partial charge on any atom is 0.263 e. The van der Waals surface area contributed by atoms with Gasteiger partial charge in [-0.25, -0.2) is 12.8 Å². The third-order valence-electron chi connectivity index (χ3n) is 5.21. The third-order valence-corrected chi connectivity index (χ3v) is 7.62. The van der Waals surface area contributed by atoms with E-state index in [0.29, 0.717) is 42.4 Å². The third kappa shape index (κ3) is 6.20. The number of piperidine rings is 1. The second-order valence-electron chi connectivity index (χ2n) is 7.74. The maximum atomic E-state index is 13.6. The molecule has 2 heterocycles. The van der Waals surface area contributed by atoms with Gasteiger partial charge in [0.15, 0.2) is 14.6 Å². The van der Waals surface area contributed by atoms with Gasteiger partial charge < -0.3 is 14.2 Å². The zero-order valence-electron chi connectivity index (χ0n) is 17.5. The minimum Gasteiger partial charge on any atom is -0.383 e. The lowest BCUT2D eigenvalue weighted by atomic mass is 9.99. The number of methoxy groups -OCH3 is 1. The molecule has 0 bridgehead atoms. The Bertz CT molecular complexity index is 1130. The van der Waals surface area contributed by atoms with Crippen molar-refractivity contribution in [1.29, 1.82) is 0 Å². The Hall–Kier alpha value is -2.11. The summed E-state index contributed by atoms with van der Waals surface area (Å²) >= 11 is 1.09. The van der Waals surface area contributed by atoms with E-state index in [4.69, 9.17) is 4.74 Å². The lowest BCUT2D eigenvalue weighted by molar-refractivity contribution is -0.129. The summed E-state index contributed by atoms with van der Waals surface area (Å²) in [5.41, 5.74) is 0.673. The number of hydrogen-bond acceptors (Lipinski definition) is 6. The number of thiazole rings is 1. The molecule has 3 rings (SSSR count). The normalized spacial score (nSPS) is 16.2. The maximum absolute atomic E-state index is 13.6. The number of benzene rings is 1. The summed E-state index contributed by atoms with van der Waals surface area (Å²) in [5.74, 6) is -2.80. The molecule has 0 radical (unpaired) electrons. The predicted molar refractivity (Wildman–Crippen MR) is 116 cm³/mol. The number of sulfone groups is 1. The Balaban J connectivity index is 1.76. The molecule has 1 saturated heterocycles. The minimum absolute atomic E-state index is 0.259. The Kier molecular flexibility index (Phi) is 7.60. The highest BCUT2D eigenvalue weighted by Gasteiger charge is 2.26. The first-order valence-electron chi connectivity index (χ1n) is 10.0. The number of halogens is 1. The number of likely N-dealkylation sites (tertiary alicyclic amines) is 1. The minimum atomic E-state index is -3.95. The van der Waals surface area contributed by atoms with Crippen LogP contribution >= 0.6 is 11.3 Å². The number of aromatic nitrogens is 1. The molecular formula is C20H26FN3O5S2. The first-order valence-corrected chi connectivity index (χ1v) is 12.7. The zero-order chi connectivity index (χ0) is 22.6. The van der Waals surface area contributed by atoms with Gasteiger partial charge in [-0.05, 0) is 37.0 Å². The Labute approximate surface area is 184 Å². The molecule has 1 fully saturated rings. The molecule has 0 N–H and O–H groups in total. The van der Waals surface area contributed by atoms with Crippen LogP contribution in [0.25, 0.3) is 10.2 Å². The molecule has 8 nitrogen and oxygen atoms in total. The average Bonchev–Trinajstić information content (AvgIpc) is 3.01. The van der Waals surface area contributed by atoms with Gasteiger partial charge in [0.2, 0.25) is 5.91 Å². The molecule has 1 aliphatic heterocycles. The van der Waals surface area contributed by atoms with E-state index in [1.165, 1.54) is 19.2 Å². The van der Waals surface area contributed by atoms with Gasteiger partial charge in [0, 0.05) is 26.7 Å². The Morgan fingerprint density at radius 2 is 1.97 bits per heavy atom. The van der Waals surface area contributed by atoms with Gasteiger partial charge in [-0.2, -0.15) is 4.99 Å². The molecule has 2 amide bonds. The molecule has 11 heteroatoms. The Morgan fingerprint density at radius 1 is 1.26 bits per heavy atom. The van der Waals surface area contributed by atoms with Crippen LogP contribution in [0.1, 0.15) is 19.8 Å². The summed E-state index contributed by atoms with van der Waals surface area (Å²) in [6.07, 6.45) is 1.68. The van der Waals surface area contributed by atoms with Crippen molar-refractivity contribution < 1.29 is 27.1 Å². The fraction of sp³-hybridized carbons (Fsp3) is 0.550. The van der Waals surface area contributed by atoms with Crippen molar-refractivity contribution in [2.45, 2.75) is 26.3 Å². The fourth-order valence-corrected chi connectivity index (χ4v) is 5.65. The highest BCUT2D eigenvalue weighted by atomic mass is 32.2. The van der Waals surface area contributed by atoms with E-state index in [1.807, 2.05) is 0 Å². The van der Waals surface area contributed by atoms with Crippen molar-refractivity contribution in [1.82, 2.24) is 9.47 Å². The van der Waals surface area contributed by atoms with Crippen molar-refractivity contribution in [3.8, 4) is 0 Å². The van der Waals surface area contributed by atoms with Crippen LogP contribution in [0.4, 0.5) is 4.39 Å². The lowest BCUT2D eigenvalue weighted by Crippen LogP contribution is -2.41. The topological polar surface area (TPSA) is 98.0 Å². The number of carbonyl (C=O) groups excluding carboxylic acids is 2. The molecule has 2 aromatic rings. The standard InChI is InChI=1S/C20H26FN3O5S2/c1-14-5-7-23(8-6-14)19(26)13-31(27,28)12-18(25)22-20-24(9-10-29-2)16-4-3-15(21)11-17(16)30-20/h3-4,11,14H,5-10,12-13H2,1-2H3. The van der Waals surface area contributed by atoms with Crippen molar-refractivity contribution >= 4 is 43.2 Å². The summed E-state index contributed by atoms with van der Waals surface area (Å²) in [7, 11) is -2.42. The summed E-state index contributed by atoms with van der Waals surface area (Å²) in [5, 5.41) is 0. The van der Waals surface area contributed by atoms with E-state index in [9.17, 15) is 22.4 Å². The van der Waals surface area contributed by atoms with Crippen molar-refractivity contribution in [3.63, 3.8) is 0 Å². The van der Waals surface area contributed by atoms with E-state index in [0.717, 1.165) is 24.2 Å². The number of fused-ring (bicyclic) bond motifs is 1. The second kappa shape index (κ2) is 10.0. The van der Waals surface area contributed by atoms with Gasteiger partial charge in [-0.3, -0.25) is 9.59 Å². The van der Waals surface area contributed by atoms with Gasteiger partial charge in [0.25, 0.3) is 5.91 Å². The van der Waals surface area contributed by atoms with Crippen LogP contribution in [0.3, 0.4) is 0 Å². The fourth-order valence-electron chi connectivity index (χ4n) is 3.45. The van der Waals surface area contributed by atoms with Gasteiger partial charge in [-0.1, -0.05) is 18.3 Å². The van der Waals surface area contributed by atoms with Crippen molar-refractivity contribution in [2.24, 2.45) is 10.9 Å². The van der Waals surface area contributed by atoms with Gasteiger partial charge in [0.05, 0.1) is 16.8 Å². The van der Waals surface area contributed by atoms with Crippen LogP contribution in [-0.2, 0) is 30.7 Å². The van der Waals surface area contributed by atoms with E-state index in [-0.39, 0.29) is 4.80 Å². The molecule has 1 aromatic heterocycles.